The molecule has 2 aromatic rings. The molecule has 10 heteroatoms. The van der Waals surface area contributed by atoms with Crippen molar-refractivity contribution in [2.45, 2.75) is 0 Å². The van der Waals surface area contributed by atoms with Crippen LogP contribution >= 0.6 is 0 Å². The maximum atomic E-state index is 12.5. The Bertz CT molecular complexity index is 1400. The third-order valence-electron chi connectivity index (χ3n) is 5.32. The van der Waals surface area contributed by atoms with Crippen LogP contribution < -0.4 is 28.8 Å². The van der Waals surface area contributed by atoms with Crippen molar-refractivity contribution in [3.8, 4) is 22.5 Å². The predicted molar refractivity (Wildman–Crippen MR) is 123 cm³/mol. The zero-order chi connectivity index (χ0) is 25.9. The highest BCUT2D eigenvalue weighted by atomic mass is 35.7. The van der Waals surface area contributed by atoms with Gasteiger partial charge in [0.2, 0.25) is 5.36 Å². The summed E-state index contributed by atoms with van der Waals surface area (Å²) in [6.45, 7) is 0. The van der Waals surface area contributed by atoms with Gasteiger partial charge in [-0.25, -0.2) is 9.37 Å². The Kier molecular flexibility index (Phi) is 7.79. The van der Waals surface area contributed by atoms with E-state index in [1.54, 1.807) is 6.07 Å². The molecule has 2 aromatic carbocycles. The first-order valence-corrected chi connectivity index (χ1v) is 11.7. The molecule has 184 valence electrons. The Hall–Kier alpha value is -3.47. The molecule has 1 N–H and O–H groups in total. The highest BCUT2D eigenvalue weighted by Gasteiger charge is 2.22. The second kappa shape index (κ2) is 10.4. The van der Waals surface area contributed by atoms with E-state index in [0.717, 1.165) is 44.5 Å². The lowest BCUT2D eigenvalue weighted by atomic mass is 9.90. The number of esters is 1. The van der Waals surface area contributed by atoms with Crippen molar-refractivity contribution >= 4 is 22.6 Å². The quantitative estimate of drug-likeness (QED) is 0.235. The third kappa shape index (κ3) is 6.16. The number of fused-ring (bicyclic) bond motifs is 2. The lowest BCUT2D eigenvalue weighted by molar-refractivity contribution is -1.92. The smallest absolute Gasteiger partial charge is 0.338 e. The molecular weight excluding hydrogens is 476 g/mol. The molecule has 1 aliphatic carbocycles. The summed E-state index contributed by atoms with van der Waals surface area (Å²) in [6, 6.07) is 19.8. The number of carbonyl (C=O) groups is 1. The molecule has 9 nitrogen and oxygen atoms in total. The molecule has 4 rings (SSSR count). The lowest BCUT2D eigenvalue weighted by Gasteiger charge is -2.19. The minimum atomic E-state index is -4.69. The fourth-order valence-electron chi connectivity index (χ4n) is 3.70. The molecular formula is C25H26ClN2O7+. The van der Waals surface area contributed by atoms with Crippen molar-refractivity contribution in [1.82, 2.24) is 4.58 Å². The molecule has 0 bridgehead atoms. The minimum absolute atomic E-state index is 0.359. The molecule has 0 saturated carbocycles. The van der Waals surface area contributed by atoms with Gasteiger partial charge in [-0.15, -0.1) is 0 Å². The maximum absolute atomic E-state index is 12.5. The number of halogens is 1. The summed E-state index contributed by atoms with van der Waals surface area (Å²) in [5.74, 6) is 0.404. The average molecular weight is 502 g/mol. The van der Waals surface area contributed by atoms with Crippen LogP contribution in [0.3, 0.4) is 0 Å². The Morgan fingerprint density at radius 1 is 1.00 bits per heavy atom. The summed E-state index contributed by atoms with van der Waals surface area (Å²) in [5, 5.41) is 1.99. The topological polar surface area (TPSA) is 135 Å². The van der Waals surface area contributed by atoms with Crippen molar-refractivity contribution in [2.75, 3.05) is 40.2 Å². The number of methoxy groups -OCH3 is 1. The number of nitrogens with zero attached hydrogens (tertiary/aromatic N) is 2. The minimum Gasteiger partial charge on any atom is -0.465 e. The van der Waals surface area contributed by atoms with E-state index in [2.05, 4.69) is 24.3 Å². The van der Waals surface area contributed by atoms with Crippen molar-refractivity contribution in [1.29, 1.82) is 0 Å². The van der Waals surface area contributed by atoms with Gasteiger partial charge in [-0.05, 0) is 29.8 Å². The van der Waals surface area contributed by atoms with E-state index in [0.29, 0.717) is 5.56 Å². The van der Waals surface area contributed by atoms with Gasteiger partial charge >= 0.3 is 5.97 Å². The van der Waals surface area contributed by atoms with Crippen LogP contribution in [-0.2, 0) is 4.74 Å². The van der Waals surface area contributed by atoms with Gasteiger partial charge in [-0.1, -0.05) is 18.2 Å². The van der Waals surface area contributed by atoms with E-state index in [1.165, 1.54) is 7.11 Å². The first-order valence-electron chi connectivity index (χ1n) is 10.4. The number of anilines is 1. The van der Waals surface area contributed by atoms with Crippen LogP contribution in [0.15, 0.2) is 65.1 Å². The molecule has 0 spiro atoms. The molecule has 0 atom stereocenters. The second-order valence-corrected chi connectivity index (χ2v) is 8.85. The fourth-order valence-corrected chi connectivity index (χ4v) is 3.70. The van der Waals surface area contributed by atoms with Crippen molar-refractivity contribution in [3.05, 3.63) is 71.6 Å². The van der Waals surface area contributed by atoms with Crippen LogP contribution in [0.25, 0.3) is 33.4 Å². The zero-order valence-electron chi connectivity index (χ0n) is 19.9. The summed E-state index contributed by atoms with van der Waals surface area (Å²) < 4.78 is 46.2. The van der Waals surface area contributed by atoms with E-state index in [9.17, 15) is 4.79 Å². The van der Waals surface area contributed by atoms with Gasteiger partial charge in [0.15, 0.2) is 0 Å². The Morgan fingerprint density at radius 3 is 2.26 bits per heavy atom. The van der Waals surface area contributed by atoms with E-state index in [1.807, 2.05) is 68.0 Å². The molecule has 0 unspecified atom stereocenters. The number of carbonyl (C=O) groups excluding carboxylic acids is 1. The number of ether oxygens (including phenoxy) is 1. The molecule has 35 heavy (non-hydrogen) atoms. The van der Waals surface area contributed by atoms with Crippen LogP contribution in [0, 0.1) is 10.2 Å². The van der Waals surface area contributed by atoms with E-state index < -0.39 is 10.2 Å². The number of hydrogen-bond donors (Lipinski definition) is 1. The first-order chi connectivity index (χ1) is 16.4. The Labute approximate surface area is 204 Å². The van der Waals surface area contributed by atoms with Crippen LogP contribution in [0.4, 0.5) is 5.69 Å². The van der Waals surface area contributed by atoms with Gasteiger partial charge in [0.25, 0.3) is 0 Å². The average Bonchev–Trinajstić information content (AvgIpc) is 2.80. The van der Waals surface area contributed by atoms with Gasteiger partial charge in [0, 0.05) is 48.4 Å². The van der Waals surface area contributed by atoms with Gasteiger partial charge < -0.3 is 14.1 Å². The summed E-state index contributed by atoms with van der Waals surface area (Å²) in [6.07, 6.45) is 0. The molecule has 0 amide bonds. The number of rotatable bonds is 3. The van der Waals surface area contributed by atoms with Crippen molar-refractivity contribution in [2.24, 2.45) is 0 Å². The lowest BCUT2D eigenvalue weighted by Crippen LogP contribution is -2.58. The molecule has 2 aliphatic rings. The molecule has 0 radical (unpaired) electrons. The van der Waals surface area contributed by atoms with Crippen LogP contribution in [-0.4, -0.2) is 45.9 Å². The Balaban J connectivity index is 0.000000623. The Morgan fingerprint density at radius 2 is 1.66 bits per heavy atom. The summed E-state index contributed by atoms with van der Waals surface area (Å²) in [4.78, 5) is 14.5. The standard InChI is InChI=1S/C25H25N2O3.ClHO4/c1-26(2)16-10-12-20-22(14-16)30-23-15-17(27(3)4)11-13-21(23)24(20)18-8-6-7-9-19(18)25(28)29-5;2-1(3,4)5/h6-15H,1-5H3;(H,2,3,4,5)/q+1;. The highest BCUT2D eigenvalue weighted by Crippen LogP contribution is 2.41. The first kappa shape index (κ1) is 26.1. The predicted octanol–water partition coefficient (Wildman–Crippen LogP) is -0.0350. The number of hydrogen-bond acceptors (Lipinski definition) is 8. The molecule has 0 saturated heterocycles. The van der Waals surface area contributed by atoms with Gasteiger partial charge in [0.05, 0.1) is 33.6 Å². The zero-order valence-corrected chi connectivity index (χ0v) is 20.7. The number of benzene rings is 3. The second-order valence-electron chi connectivity index (χ2n) is 8.06. The summed E-state index contributed by atoms with van der Waals surface area (Å²) >= 11 is 0. The van der Waals surface area contributed by atoms with E-state index >= 15 is 0 Å². The molecule has 1 heterocycles. The van der Waals surface area contributed by atoms with Gasteiger partial charge in [-0.3, -0.25) is 0 Å². The molecule has 1 aliphatic heterocycles. The van der Waals surface area contributed by atoms with Crippen LogP contribution in [0.2, 0.25) is 0 Å². The monoisotopic (exact) mass is 501 g/mol. The molecule has 0 fully saturated rings. The van der Waals surface area contributed by atoms with E-state index in [-0.39, 0.29) is 5.97 Å². The van der Waals surface area contributed by atoms with Crippen molar-refractivity contribution < 1.29 is 42.8 Å². The third-order valence-corrected chi connectivity index (χ3v) is 5.32. The van der Waals surface area contributed by atoms with E-state index in [4.69, 9.17) is 27.8 Å². The SMILES string of the molecule is COC(=O)c1ccccc1-c1c2ccc(=[N+](C)C)cc-2oc2cc(N(C)C)ccc12.[O-][Cl+3]([O-])([O-])O. The largest absolute Gasteiger partial charge is 0.465 e. The van der Waals surface area contributed by atoms with Crippen molar-refractivity contribution in [3.63, 3.8) is 0 Å². The summed E-state index contributed by atoms with van der Waals surface area (Å²) in [5.41, 5.74) is 5.07. The van der Waals surface area contributed by atoms with Gasteiger partial charge in [0.1, 0.15) is 25.4 Å². The highest BCUT2D eigenvalue weighted by molar-refractivity contribution is 6.08. The normalized spacial score (nSPS) is 11.1. The van der Waals surface area contributed by atoms with Crippen LogP contribution in [0.5, 0.6) is 0 Å². The summed E-state index contributed by atoms with van der Waals surface area (Å²) in [7, 11) is 4.71. The van der Waals surface area contributed by atoms with Gasteiger partial charge in [-0.2, -0.15) is 14.0 Å². The van der Waals surface area contributed by atoms with Crippen LogP contribution in [0.1, 0.15) is 10.4 Å². The maximum Gasteiger partial charge on any atom is 0.338 e. The molecule has 0 aromatic heterocycles. The fraction of sp³-hybridized carbons (Fsp3) is 0.200.